The number of benzene rings is 5. The van der Waals surface area contributed by atoms with E-state index >= 15 is 0 Å². The first-order chi connectivity index (χ1) is 25.5. The summed E-state index contributed by atoms with van der Waals surface area (Å²) >= 11 is 1.35. The number of para-hydroxylation sites is 2. The molecule has 1 unspecified atom stereocenters. The Hall–Kier alpha value is -6.78. The largest absolute Gasteiger partial charge is 0.436 e. The second-order valence-corrected chi connectivity index (χ2v) is 12.8. The molecule has 3 N–H and O–H groups in total. The number of aromatic nitrogens is 2. The van der Waals surface area contributed by atoms with Gasteiger partial charge in [-0.3, -0.25) is 19.4 Å². The predicted molar refractivity (Wildman–Crippen MR) is 204 cm³/mol. The summed E-state index contributed by atoms with van der Waals surface area (Å²) in [6.45, 7) is 0. The summed E-state index contributed by atoms with van der Waals surface area (Å²) in [5.74, 6) is -0.658. The van der Waals surface area contributed by atoms with Crippen LogP contribution in [0.3, 0.4) is 0 Å². The minimum Gasteiger partial charge on any atom is -0.436 e. The quantitative estimate of drug-likeness (QED) is 0.0909. The highest BCUT2D eigenvalue weighted by molar-refractivity contribution is 8.00. The molecule has 0 spiro atoms. The number of carbonyl (C=O) groups is 3. The van der Waals surface area contributed by atoms with Gasteiger partial charge in [0.2, 0.25) is 11.8 Å². The molecule has 10 heteroatoms. The maximum Gasteiger partial charge on any atom is 0.272 e. The van der Waals surface area contributed by atoms with Gasteiger partial charge in [-0.15, -0.1) is 11.8 Å². The summed E-state index contributed by atoms with van der Waals surface area (Å²) in [5.41, 5.74) is 5.30. The van der Waals surface area contributed by atoms with E-state index in [1.165, 1.54) is 11.8 Å². The van der Waals surface area contributed by atoms with Crippen LogP contribution >= 0.6 is 11.8 Å². The summed E-state index contributed by atoms with van der Waals surface area (Å²) in [6.07, 6.45) is 4.79. The minimum absolute atomic E-state index is 0.0450. The Labute approximate surface area is 303 Å². The average molecular weight is 702 g/mol. The van der Waals surface area contributed by atoms with Crippen molar-refractivity contribution in [2.45, 2.75) is 10.1 Å². The number of hydrogen-bond acceptors (Lipinski definition) is 7. The number of nitrogens with one attached hydrogen (secondary N) is 3. The van der Waals surface area contributed by atoms with Gasteiger partial charge in [0, 0.05) is 39.8 Å². The molecule has 3 amide bonds. The van der Waals surface area contributed by atoms with Crippen LogP contribution in [0.4, 0.5) is 11.4 Å². The highest BCUT2D eigenvalue weighted by atomic mass is 32.2. The van der Waals surface area contributed by atoms with Gasteiger partial charge < -0.3 is 20.4 Å². The van der Waals surface area contributed by atoms with Gasteiger partial charge >= 0.3 is 0 Å². The Bertz CT molecular complexity index is 2330. The summed E-state index contributed by atoms with van der Waals surface area (Å²) in [7, 11) is 0. The third-order valence-corrected chi connectivity index (χ3v) is 9.15. The molecular formula is C42H31N5O4S. The van der Waals surface area contributed by atoms with E-state index in [2.05, 4.69) is 25.9 Å². The van der Waals surface area contributed by atoms with Crippen LogP contribution in [0.1, 0.15) is 26.7 Å². The fraction of sp³-hybridized carbons (Fsp3) is 0.0238. The lowest BCUT2D eigenvalue weighted by atomic mass is 10.1. The second kappa shape index (κ2) is 15.8. The molecule has 9 nitrogen and oxygen atoms in total. The van der Waals surface area contributed by atoms with Gasteiger partial charge in [-0.2, -0.15) is 0 Å². The Morgan fingerprint density at radius 1 is 0.712 bits per heavy atom. The van der Waals surface area contributed by atoms with Crippen LogP contribution in [-0.4, -0.2) is 27.7 Å². The standard InChI is InChI=1S/C42H31N5O4S/c48-39(30-14-5-2-6-15-30)46-36(25-28-11-10-24-43-27-28)40(49)45-33-16-9-17-34(26-33)52-38(29-12-3-1-4-13-29)41(50)44-32-22-20-31(21-23-32)42-47-35-18-7-8-19-37(35)51-42/h1-27,38H,(H,44,50)(H,45,49)(H,46,48)/b36-25-. The van der Waals surface area contributed by atoms with Gasteiger partial charge in [0.15, 0.2) is 5.58 Å². The third-order valence-electron chi connectivity index (χ3n) is 7.90. The minimum atomic E-state index is -0.616. The van der Waals surface area contributed by atoms with Crippen LogP contribution in [0.25, 0.3) is 28.6 Å². The molecule has 52 heavy (non-hydrogen) atoms. The number of hydrogen-bond donors (Lipinski definition) is 3. The van der Waals surface area contributed by atoms with Crippen molar-refractivity contribution in [2.75, 3.05) is 10.6 Å². The maximum atomic E-state index is 13.8. The van der Waals surface area contributed by atoms with E-state index in [9.17, 15) is 14.4 Å². The van der Waals surface area contributed by atoms with Crippen LogP contribution < -0.4 is 16.0 Å². The summed E-state index contributed by atoms with van der Waals surface area (Å²) in [5, 5.41) is 8.08. The first-order valence-electron chi connectivity index (χ1n) is 16.4. The first-order valence-corrected chi connectivity index (χ1v) is 17.2. The molecule has 0 bridgehead atoms. The van der Waals surface area contributed by atoms with Crippen molar-refractivity contribution in [1.82, 2.24) is 15.3 Å². The first kappa shape index (κ1) is 33.7. The monoisotopic (exact) mass is 701 g/mol. The normalized spacial score (nSPS) is 11.8. The van der Waals surface area contributed by atoms with E-state index in [0.717, 1.165) is 21.5 Å². The summed E-state index contributed by atoms with van der Waals surface area (Å²) in [4.78, 5) is 49.9. The Balaban J connectivity index is 1.08. The molecule has 0 fully saturated rings. The zero-order valence-electron chi connectivity index (χ0n) is 27.6. The third kappa shape index (κ3) is 8.32. The molecule has 0 saturated carbocycles. The molecule has 0 aliphatic rings. The van der Waals surface area contributed by atoms with Crippen LogP contribution in [0.5, 0.6) is 0 Å². The topological polar surface area (TPSA) is 126 Å². The number of oxazole rings is 1. The van der Waals surface area contributed by atoms with Crippen molar-refractivity contribution in [3.63, 3.8) is 0 Å². The van der Waals surface area contributed by atoms with E-state index in [4.69, 9.17) is 4.42 Å². The lowest BCUT2D eigenvalue weighted by Gasteiger charge is -2.18. The number of carbonyl (C=O) groups excluding carboxylic acids is 3. The fourth-order valence-electron chi connectivity index (χ4n) is 5.35. The van der Waals surface area contributed by atoms with E-state index < -0.39 is 17.1 Å². The van der Waals surface area contributed by atoms with Crippen molar-refractivity contribution in [1.29, 1.82) is 0 Å². The Morgan fingerprint density at radius 2 is 1.46 bits per heavy atom. The molecule has 0 saturated heterocycles. The van der Waals surface area contributed by atoms with Crippen LogP contribution in [-0.2, 0) is 9.59 Å². The van der Waals surface area contributed by atoms with Gasteiger partial charge in [-0.25, -0.2) is 4.98 Å². The van der Waals surface area contributed by atoms with Crippen molar-refractivity contribution < 1.29 is 18.8 Å². The molecule has 7 aromatic rings. The van der Waals surface area contributed by atoms with Crippen molar-refractivity contribution in [3.8, 4) is 11.5 Å². The van der Waals surface area contributed by atoms with Gasteiger partial charge in [0.25, 0.3) is 11.8 Å². The van der Waals surface area contributed by atoms with Gasteiger partial charge in [-0.05, 0) is 90.0 Å². The van der Waals surface area contributed by atoms with E-state index in [1.807, 2.05) is 91.0 Å². The lowest BCUT2D eigenvalue weighted by molar-refractivity contribution is -0.116. The highest BCUT2D eigenvalue weighted by Gasteiger charge is 2.23. The van der Waals surface area contributed by atoms with Gasteiger partial charge in [-0.1, -0.05) is 72.8 Å². The Morgan fingerprint density at radius 3 is 2.21 bits per heavy atom. The molecule has 0 radical (unpaired) electrons. The lowest BCUT2D eigenvalue weighted by Crippen LogP contribution is -2.30. The van der Waals surface area contributed by atoms with Crippen LogP contribution in [0.15, 0.2) is 173 Å². The SMILES string of the molecule is O=C(Nc1cccc(SC(C(=O)Nc2ccc(-c3nc4ccccc4o3)cc2)c2ccccc2)c1)/C(=C/c1cccnc1)NC(=O)c1ccccc1. The average Bonchev–Trinajstić information content (AvgIpc) is 3.63. The number of anilines is 2. The van der Waals surface area contributed by atoms with E-state index in [0.29, 0.717) is 34.0 Å². The number of thioether (sulfide) groups is 1. The molecule has 1 atom stereocenters. The van der Waals surface area contributed by atoms with Gasteiger partial charge in [0.1, 0.15) is 16.5 Å². The summed E-state index contributed by atoms with van der Waals surface area (Å²) < 4.78 is 5.89. The molecule has 5 aromatic carbocycles. The smallest absolute Gasteiger partial charge is 0.272 e. The second-order valence-electron chi connectivity index (χ2n) is 11.6. The number of fused-ring (bicyclic) bond motifs is 1. The molecular weight excluding hydrogens is 671 g/mol. The molecule has 254 valence electrons. The van der Waals surface area contributed by atoms with Crippen LogP contribution in [0, 0.1) is 0 Å². The molecule has 2 heterocycles. The summed E-state index contributed by atoms with van der Waals surface area (Å²) in [6, 6.07) is 43.8. The number of pyridine rings is 1. The van der Waals surface area contributed by atoms with Crippen molar-refractivity contribution in [3.05, 3.63) is 180 Å². The number of rotatable bonds is 11. The maximum absolute atomic E-state index is 13.8. The van der Waals surface area contributed by atoms with E-state index in [1.54, 1.807) is 73.1 Å². The molecule has 2 aromatic heterocycles. The van der Waals surface area contributed by atoms with Crippen molar-refractivity contribution in [2.24, 2.45) is 0 Å². The fourth-order valence-corrected chi connectivity index (χ4v) is 6.44. The zero-order chi connectivity index (χ0) is 35.7. The number of nitrogens with zero attached hydrogens (tertiary/aromatic N) is 2. The highest BCUT2D eigenvalue weighted by Crippen LogP contribution is 2.37. The van der Waals surface area contributed by atoms with E-state index in [-0.39, 0.29) is 11.6 Å². The molecule has 0 aliphatic heterocycles. The predicted octanol–water partition coefficient (Wildman–Crippen LogP) is 8.77. The van der Waals surface area contributed by atoms with Gasteiger partial charge in [0.05, 0.1) is 0 Å². The molecule has 7 rings (SSSR count). The number of amides is 3. The zero-order valence-corrected chi connectivity index (χ0v) is 28.4. The Kier molecular flexibility index (Phi) is 10.3. The van der Waals surface area contributed by atoms with Crippen molar-refractivity contribution >= 4 is 58.0 Å². The molecule has 0 aliphatic carbocycles. The van der Waals surface area contributed by atoms with Crippen LogP contribution in [0.2, 0.25) is 0 Å².